The molecule has 1 saturated carbocycles. The Morgan fingerprint density at radius 1 is 1.28 bits per heavy atom. The third-order valence-electron chi connectivity index (χ3n) is 4.40. The van der Waals surface area contributed by atoms with Crippen molar-refractivity contribution in [3.63, 3.8) is 0 Å². The van der Waals surface area contributed by atoms with E-state index in [0.29, 0.717) is 23.4 Å². The highest BCUT2D eigenvalue weighted by Gasteiger charge is 2.68. The average molecular weight is 398 g/mol. The molecule has 1 fully saturated rings. The van der Waals surface area contributed by atoms with Crippen molar-refractivity contribution in [2.24, 2.45) is 5.41 Å². The molecule has 1 amide bonds. The highest BCUT2D eigenvalue weighted by molar-refractivity contribution is 7.16. The van der Waals surface area contributed by atoms with Crippen molar-refractivity contribution in [3.8, 4) is 0 Å². The number of halogens is 2. The lowest BCUT2D eigenvalue weighted by molar-refractivity contribution is -0.120. The zero-order chi connectivity index (χ0) is 18.2. The number of carbonyl (C=O) groups is 2. The maximum atomic E-state index is 12.5. The molecule has 25 heavy (non-hydrogen) atoms. The maximum absolute atomic E-state index is 12.5. The zero-order valence-corrected chi connectivity index (χ0v) is 16.1. The number of carbonyl (C=O) groups excluding carboxylic acids is 2. The van der Waals surface area contributed by atoms with Crippen LogP contribution in [0.15, 0.2) is 36.4 Å². The molecule has 4 nitrogen and oxygen atoms in total. The summed E-state index contributed by atoms with van der Waals surface area (Å²) < 4.78 is 3.77. The molecule has 0 bridgehead atoms. The summed E-state index contributed by atoms with van der Waals surface area (Å²) >= 11 is 13.5. The molecule has 132 valence electrons. The van der Waals surface area contributed by atoms with Crippen molar-refractivity contribution in [1.29, 1.82) is 0 Å². The van der Waals surface area contributed by atoms with Gasteiger partial charge in [-0.05, 0) is 25.0 Å². The first kappa shape index (κ1) is 18.2. The number of rotatable bonds is 5. The fourth-order valence-electron chi connectivity index (χ4n) is 2.57. The second-order valence-electron chi connectivity index (χ2n) is 6.28. The number of anilines is 1. The molecular formula is C18H17Cl2NO3S. The van der Waals surface area contributed by atoms with Crippen molar-refractivity contribution < 1.29 is 14.3 Å². The smallest absolute Gasteiger partial charge is 0.340 e. The van der Waals surface area contributed by atoms with Crippen LogP contribution in [0.25, 0.3) is 0 Å². The summed E-state index contributed by atoms with van der Waals surface area (Å²) in [6.45, 7) is 1.71. The monoisotopic (exact) mass is 397 g/mol. The standard InChI is InChI=1S/C18H17Cl2NO3S/c1-17(10-18(17,19)20)16(23)21-14-13(15(22)24-2)9-12(25-14)8-11-6-4-3-5-7-11/h3-7,9H,8,10H2,1-2H3,(H,21,23)/t17-/m1/s1. The molecule has 1 aliphatic carbocycles. The minimum absolute atomic E-state index is 0.296. The summed E-state index contributed by atoms with van der Waals surface area (Å²) in [4.78, 5) is 25.5. The Balaban J connectivity index is 1.84. The Hall–Kier alpha value is -1.56. The number of esters is 1. The van der Waals surface area contributed by atoms with E-state index >= 15 is 0 Å². The van der Waals surface area contributed by atoms with Crippen LogP contribution >= 0.6 is 34.5 Å². The second kappa shape index (κ2) is 6.63. The number of nitrogens with one attached hydrogen (secondary N) is 1. The van der Waals surface area contributed by atoms with Crippen molar-refractivity contribution in [1.82, 2.24) is 0 Å². The zero-order valence-electron chi connectivity index (χ0n) is 13.8. The predicted octanol–water partition coefficient (Wildman–Crippen LogP) is 4.65. The van der Waals surface area contributed by atoms with E-state index in [-0.39, 0.29) is 5.91 Å². The fraction of sp³-hybridized carbons (Fsp3) is 0.333. The molecule has 1 aromatic carbocycles. The fourth-order valence-corrected chi connectivity index (χ4v) is 4.35. The van der Waals surface area contributed by atoms with E-state index in [9.17, 15) is 9.59 Å². The van der Waals surface area contributed by atoms with E-state index in [4.69, 9.17) is 27.9 Å². The van der Waals surface area contributed by atoms with E-state index in [1.54, 1.807) is 13.0 Å². The van der Waals surface area contributed by atoms with Crippen LogP contribution in [0.2, 0.25) is 0 Å². The van der Waals surface area contributed by atoms with E-state index in [1.807, 2.05) is 30.3 Å². The van der Waals surface area contributed by atoms with Gasteiger partial charge in [0.15, 0.2) is 0 Å². The van der Waals surface area contributed by atoms with Gasteiger partial charge in [0.2, 0.25) is 5.91 Å². The minimum Gasteiger partial charge on any atom is -0.465 e. The van der Waals surface area contributed by atoms with Crippen LogP contribution < -0.4 is 5.32 Å². The van der Waals surface area contributed by atoms with E-state index in [2.05, 4.69) is 5.32 Å². The van der Waals surface area contributed by atoms with Gasteiger partial charge in [-0.1, -0.05) is 30.3 Å². The van der Waals surface area contributed by atoms with Gasteiger partial charge in [-0.2, -0.15) is 0 Å². The first-order valence-corrected chi connectivity index (χ1v) is 9.28. The number of hydrogen-bond acceptors (Lipinski definition) is 4. The van der Waals surface area contributed by atoms with Gasteiger partial charge in [-0.3, -0.25) is 4.79 Å². The summed E-state index contributed by atoms with van der Waals surface area (Å²) in [7, 11) is 1.31. The lowest BCUT2D eigenvalue weighted by atomic mass is 10.1. The molecule has 1 atom stereocenters. The molecule has 3 rings (SSSR count). The lowest BCUT2D eigenvalue weighted by Crippen LogP contribution is -2.26. The van der Waals surface area contributed by atoms with E-state index in [1.165, 1.54) is 18.4 Å². The molecule has 0 saturated heterocycles. The number of ether oxygens (including phenoxy) is 1. The van der Waals surface area contributed by atoms with Crippen molar-refractivity contribution in [3.05, 3.63) is 52.4 Å². The summed E-state index contributed by atoms with van der Waals surface area (Å²) in [6.07, 6.45) is 1.04. The summed E-state index contributed by atoms with van der Waals surface area (Å²) in [5.41, 5.74) is 0.603. The van der Waals surface area contributed by atoms with Crippen molar-refractivity contribution in [2.45, 2.75) is 24.1 Å². The molecule has 1 heterocycles. The Morgan fingerprint density at radius 3 is 2.48 bits per heavy atom. The van der Waals surface area contributed by atoms with Gasteiger partial charge in [-0.15, -0.1) is 34.5 Å². The molecule has 7 heteroatoms. The molecule has 0 unspecified atom stereocenters. The van der Waals surface area contributed by atoms with E-state index in [0.717, 1.165) is 10.4 Å². The van der Waals surface area contributed by atoms with Gasteiger partial charge in [0.25, 0.3) is 0 Å². The quantitative estimate of drug-likeness (QED) is 0.589. The largest absolute Gasteiger partial charge is 0.465 e. The molecule has 1 aliphatic rings. The van der Waals surface area contributed by atoms with Crippen molar-refractivity contribution >= 4 is 51.4 Å². The van der Waals surface area contributed by atoms with Gasteiger partial charge < -0.3 is 10.1 Å². The molecule has 1 aromatic heterocycles. The normalized spacial score (nSPS) is 20.8. The van der Waals surface area contributed by atoms with Crippen LogP contribution in [-0.4, -0.2) is 23.3 Å². The van der Waals surface area contributed by atoms with Crippen LogP contribution in [0.3, 0.4) is 0 Å². The predicted molar refractivity (Wildman–Crippen MR) is 101 cm³/mol. The summed E-state index contributed by atoms with van der Waals surface area (Å²) in [6, 6.07) is 11.6. The molecule has 0 radical (unpaired) electrons. The van der Waals surface area contributed by atoms with E-state index < -0.39 is 15.7 Å². The number of alkyl halides is 2. The second-order valence-corrected chi connectivity index (χ2v) is 8.90. The SMILES string of the molecule is COC(=O)c1cc(Cc2ccccc2)sc1NC(=O)[C@@]1(C)CC1(Cl)Cl. The number of hydrogen-bond donors (Lipinski definition) is 1. The highest BCUT2D eigenvalue weighted by Crippen LogP contribution is 2.64. The summed E-state index contributed by atoms with van der Waals surface area (Å²) in [5.74, 6) is -0.786. The highest BCUT2D eigenvalue weighted by atomic mass is 35.5. The third kappa shape index (κ3) is 3.54. The third-order valence-corrected chi connectivity index (χ3v) is 6.55. The number of thiophene rings is 1. The van der Waals surface area contributed by atoms with Gasteiger partial charge in [-0.25, -0.2) is 4.79 Å². The Morgan fingerprint density at radius 2 is 1.92 bits per heavy atom. The first-order valence-electron chi connectivity index (χ1n) is 7.71. The number of benzene rings is 1. The Bertz CT molecular complexity index is 819. The molecular weight excluding hydrogens is 381 g/mol. The molecule has 0 spiro atoms. The van der Waals surface area contributed by atoms with Crippen LogP contribution in [-0.2, 0) is 16.0 Å². The molecule has 0 aliphatic heterocycles. The van der Waals surface area contributed by atoms with Gasteiger partial charge in [0.1, 0.15) is 9.33 Å². The Labute approximate surface area is 160 Å². The topological polar surface area (TPSA) is 55.4 Å². The van der Waals surface area contributed by atoms with Gasteiger partial charge >= 0.3 is 5.97 Å². The first-order chi connectivity index (χ1) is 11.8. The average Bonchev–Trinajstić information content (AvgIpc) is 2.91. The van der Waals surface area contributed by atoms with Gasteiger partial charge in [0, 0.05) is 11.3 Å². The Kier molecular flexibility index (Phi) is 4.84. The van der Waals surface area contributed by atoms with Crippen LogP contribution in [0, 0.1) is 5.41 Å². The maximum Gasteiger partial charge on any atom is 0.340 e. The summed E-state index contributed by atoms with van der Waals surface area (Å²) in [5, 5.41) is 3.26. The van der Waals surface area contributed by atoms with Crippen LogP contribution in [0.4, 0.5) is 5.00 Å². The van der Waals surface area contributed by atoms with Crippen molar-refractivity contribution in [2.75, 3.05) is 12.4 Å². The minimum atomic E-state index is -1.06. The van der Waals surface area contributed by atoms with Crippen LogP contribution in [0.5, 0.6) is 0 Å². The number of methoxy groups -OCH3 is 1. The molecule has 2 aromatic rings. The number of amides is 1. The molecule has 1 N–H and O–H groups in total. The van der Waals surface area contributed by atoms with Gasteiger partial charge in [0.05, 0.1) is 18.1 Å². The lowest BCUT2D eigenvalue weighted by Gasteiger charge is -2.12. The van der Waals surface area contributed by atoms with Crippen LogP contribution in [0.1, 0.15) is 34.1 Å².